The summed E-state index contributed by atoms with van der Waals surface area (Å²) in [6.07, 6.45) is -0.824. The van der Waals surface area contributed by atoms with E-state index in [1.807, 2.05) is 6.92 Å². The maximum absolute atomic E-state index is 13.3. The van der Waals surface area contributed by atoms with Crippen LogP contribution >= 0.6 is 11.6 Å². The minimum atomic E-state index is -4.57. The van der Waals surface area contributed by atoms with E-state index in [4.69, 9.17) is 11.6 Å². The van der Waals surface area contributed by atoms with E-state index in [-0.39, 0.29) is 10.7 Å². The highest BCUT2D eigenvalue weighted by Crippen LogP contribution is 2.44. The topological polar surface area (TPSA) is 30.2 Å². The Morgan fingerprint density at radius 2 is 2.09 bits per heavy atom. The zero-order chi connectivity index (χ0) is 16.5. The maximum Gasteiger partial charge on any atom is 0.419 e. The first-order valence-corrected chi connectivity index (χ1v) is 7.08. The van der Waals surface area contributed by atoms with Crippen LogP contribution in [0.15, 0.2) is 29.5 Å². The Labute approximate surface area is 131 Å². The lowest BCUT2D eigenvalue weighted by molar-refractivity contribution is -0.136. The van der Waals surface area contributed by atoms with Gasteiger partial charge < -0.3 is 0 Å². The normalized spacial score (nSPS) is 12.8. The fraction of sp³-hybridized carbons (Fsp3) is 0.333. The highest BCUT2D eigenvalue weighted by atomic mass is 35.5. The van der Waals surface area contributed by atoms with E-state index in [1.165, 1.54) is 10.7 Å². The molecule has 0 unspecified atom stereocenters. The summed E-state index contributed by atoms with van der Waals surface area (Å²) in [6, 6.07) is 2.96. The summed E-state index contributed by atoms with van der Waals surface area (Å²) < 4.78 is 41.5. The first-order valence-electron chi connectivity index (χ1n) is 6.70. The maximum atomic E-state index is 13.3. The average Bonchev–Trinajstić information content (AvgIpc) is 2.94. The minimum absolute atomic E-state index is 0.148. The van der Waals surface area contributed by atoms with Gasteiger partial charge in [0.25, 0.3) is 0 Å². The second kappa shape index (κ2) is 6.12. The quantitative estimate of drug-likeness (QED) is 0.697. The summed E-state index contributed by atoms with van der Waals surface area (Å²) in [5.74, 6) is 0. The number of aromatic nitrogens is 2. The van der Waals surface area contributed by atoms with E-state index in [0.29, 0.717) is 23.4 Å². The highest BCUT2D eigenvalue weighted by Gasteiger charge is 2.38. The van der Waals surface area contributed by atoms with Crippen molar-refractivity contribution in [1.29, 1.82) is 0 Å². The fourth-order valence-corrected chi connectivity index (χ4v) is 2.35. The Bertz CT molecular complexity index is 704. The molecule has 0 N–H and O–H groups in total. The van der Waals surface area contributed by atoms with Gasteiger partial charge in [-0.15, -0.1) is 0 Å². The third-order valence-corrected chi connectivity index (χ3v) is 3.63. The van der Waals surface area contributed by atoms with Crippen LogP contribution in [0.25, 0.3) is 5.69 Å². The smallest absolute Gasteiger partial charge is 0.257 e. The summed E-state index contributed by atoms with van der Waals surface area (Å²) in [7, 11) is 0. The Hall–Kier alpha value is -1.82. The second-order valence-corrected chi connectivity index (χ2v) is 5.28. The van der Waals surface area contributed by atoms with Gasteiger partial charge in [-0.05, 0) is 32.4 Å². The lowest BCUT2D eigenvalue weighted by Gasteiger charge is -2.18. The number of alkyl halides is 3. The monoisotopic (exact) mass is 329 g/mol. The number of halogens is 4. The molecule has 0 amide bonds. The second-order valence-electron chi connectivity index (χ2n) is 4.88. The highest BCUT2D eigenvalue weighted by molar-refractivity contribution is 6.32. The Morgan fingerprint density at radius 1 is 1.41 bits per heavy atom. The van der Waals surface area contributed by atoms with E-state index in [0.717, 1.165) is 0 Å². The Balaban J connectivity index is 2.80. The molecule has 1 aromatic carbocycles. The number of hydrogen-bond acceptors (Lipinski definition) is 2. The van der Waals surface area contributed by atoms with E-state index < -0.39 is 11.7 Å². The molecule has 1 aromatic heterocycles. The van der Waals surface area contributed by atoms with Gasteiger partial charge in [0.1, 0.15) is 5.56 Å². The van der Waals surface area contributed by atoms with Crippen molar-refractivity contribution in [3.05, 3.63) is 40.7 Å². The number of rotatable bonds is 3. The van der Waals surface area contributed by atoms with Gasteiger partial charge in [-0.25, -0.2) is 4.68 Å². The molecule has 118 valence electrons. The first-order chi connectivity index (χ1) is 10.3. The van der Waals surface area contributed by atoms with Gasteiger partial charge in [-0.3, -0.25) is 4.99 Å². The van der Waals surface area contributed by atoms with Gasteiger partial charge in [0.2, 0.25) is 0 Å². The standard InChI is InChI=1S/C15H15ClF3N3/c1-4-9(2)21-14-10(3)12(22-7-5-6-20-22)8-11(16)13(14)15(17,18)19/h5-8H,4H2,1-3H3. The lowest BCUT2D eigenvalue weighted by Crippen LogP contribution is -2.10. The van der Waals surface area contributed by atoms with Crippen LogP contribution in [0.2, 0.25) is 5.02 Å². The van der Waals surface area contributed by atoms with Gasteiger partial charge in [-0.1, -0.05) is 18.5 Å². The van der Waals surface area contributed by atoms with E-state index in [2.05, 4.69) is 10.1 Å². The Morgan fingerprint density at radius 3 is 2.59 bits per heavy atom. The molecule has 7 heteroatoms. The summed E-state index contributed by atoms with van der Waals surface area (Å²) in [5, 5.41) is 3.67. The average molecular weight is 330 g/mol. The molecule has 0 radical (unpaired) electrons. The van der Waals surface area contributed by atoms with Crippen molar-refractivity contribution in [2.24, 2.45) is 4.99 Å². The van der Waals surface area contributed by atoms with Gasteiger partial charge in [0, 0.05) is 23.7 Å². The molecular weight excluding hydrogens is 315 g/mol. The molecule has 0 aliphatic carbocycles. The molecular formula is C15H15ClF3N3. The van der Waals surface area contributed by atoms with Gasteiger partial charge >= 0.3 is 6.18 Å². The zero-order valence-electron chi connectivity index (χ0n) is 12.4. The minimum Gasteiger partial charge on any atom is -0.257 e. The first kappa shape index (κ1) is 16.5. The molecule has 0 saturated heterocycles. The molecule has 0 fully saturated rings. The summed E-state index contributed by atoms with van der Waals surface area (Å²) in [5.41, 5.74) is 0.404. The Kier molecular flexibility index (Phi) is 4.60. The van der Waals surface area contributed by atoms with Crippen molar-refractivity contribution in [2.75, 3.05) is 0 Å². The van der Waals surface area contributed by atoms with Crippen molar-refractivity contribution in [3.63, 3.8) is 0 Å². The summed E-state index contributed by atoms with van der Waals surface area (Å²) in [6.45, 7) is 5.11. The zero-order valence-corrected chi connectivity index (χ0v) is 13.1. The van der Waals surface area contributed by atoms with Crippen molar-refractivity contribution >= 4 is 23.0 Å². The van der Waals surface area contributed by atoms with E-state index in [9.17, 15) is 13.2 Å². The van der Waals surface area contributed by atoms with Crippen molar-refractivity contribution in [1.82, 2.24) is 9.78 Å². The number of hydrogen-bond donors (Lipinski definition) is 0. The predicted octanol–water partition coefficient (Wildman–Crippen LogP) is 5.36. The number of nitrogens with zero attached hydrogens (tertiary/aromatic N) is 3. The summed E-state index contributed by atoms with van der Waals surface area (Å²) >= 11 is 5.90. The van der Waals surface area contributed by atoms with Crippen LogP contribution in [-0.2, 0) is 6.18 Å². The molecule has 2 rings (SSSR count). The number of aliphatic imine (C=N–C) groups is 1. The van der Waals surface area contributed by atoms with E-state index in [1.54, 1.807) is 32.3 Å². The molecule has 0 aliphatic rings. The molecule has 0 saturated carbocycles. The van der Waals surface area contributed by atoms with Crippen LogP contribution in [-0.4, -0.2) is 15.5 Å². The van der Waals surface area contributed by atoms with Gasteiger partial charge in [-0.2, -0.15) is 18.3 Å². The van der Waals surface area contributed by atoms with Gasteiger partial charge in [0.15, 0.2) is 0 Å². The number of benzene rings is 1. The molecule has 1 heterocycles. The van der Waals surface area contributed by atoms with Crippen LogP contribution in [0.3, 0.4) is 0 Å². The molecule has 0 aliphatic heterocycles. The van der Waals surface area contributed by atoms with Crippen molar-refractivity contribution in [2.45, 2.75) is 33.4 Å². The largest absolute Gasteiger partial charge is 0.419 e. The van der Waals surface area contributed by atoms with Crippen molar-refractivity contribution in [3.8, 4) is 5.69 Å². The SMILES string of the molecule is CCC(C)=Nc1c(C)c(-n2cccn2)cc(Cl)c1C(F)(F)F. The molecule has 0 atom stereocenters. The van der Waals surface area contributed by atoms with Gasteiger partial charge in [0.05, 0.1) is 16.4 Å². The fourth-order valence-electron chi connectivity index (χ4n) is 2.05. The third kappa shape index (κ3) is 3.16. The van der Waals surface area contributed by atoms with Crippen LogP contribution < -0.4 is 0 Å². The molecule has 0 bridgehead atoms. The van der Waals surface area contributed by atoms with Crippen LogP contribution in [0.5, 0.6) is 0 Å². The molecule has 22 heavy (non-hydrogen) atoms. The molecule has 3 nitrogen and oxygen atoms in total. The summed E-state index contributed by atoms with van der Waals surface area (Å²) in [4.78, 5) is 4.15. The molecule has 0 spiro atoms. The van der Waals surface area contributed by atoms with Crippen molar-refractivity contribution < 1.29 is 13.2 Å². The van der Waals surface area contributed by atoms with Crippen LogP contribution in [0, 0.1) is 6.92 Å². The van der Waals surface area contributed by atoms with Crippen LogP contribution in [0.4, 0.5) is 18.9 Å². The third-order valence-electron chi connectivity index (χ3n) is 3.33. The predicted molar refractivity (Wildman–Crippen MR) is 81.4 cm³/mol. The van der Waals surface area contributed by atoms with E-state index >= 15 is 0 Å². The lowest BCUT2D eigenvalue weighted by atomic mass is 10.0. The molecule has 2 aromatic rings. The van der Waals surface area contributed by atoms with Crippen LogP contribution in [0.1, 0.15) is 31.4 Å².